The number of aliphatic hydroxyl groups is 1. The normalized spacial score (nSPS) is 32.2. The molecule has 0 spiro atoms. The molecule has 0 aromatic carbocycles. The molecule has 1 aliphatic rings. The van der Waals surface area contributed by atoms with Gasteiger partial charge >= 0.3 is 0 Å². The predicted molar refractivity (Wildman–Crippen MR) is 41.2 cm³/mol. The lowest BCUT2D eigenvalue weighted by atomic mass is 10.2. The van der Waals surface area contributed by atoms with E-state index in [1.165, 1.54) is 0 Å². The van der Waals surface area contributed by atoms with Crippen LogP contribution in [0.1, 0.15) is 27.2 Å². The predicted octanol–water partition coefficient (Wildman–Crippen LogP) is 0.909. The number of rotatable bonds is 2. The SMILES string of the molecule is C[C@@H](O)C[C@@H]1COC(C)(C)O1. The standard InChI is InChI=1S/C8H16O3/c1-6(9)4-7-5-10-8(2,3)11-7/h6-7,9H,4-5H2,1-3H3/t6-,7-/m1/s1. The summed E-state index contributed by atoms with van der Waals surface area (Å²) in [7, 11) is 0. The van der Waals surface area contributed by atoms with Crippen molar-refractivity contribution in [3.05, 3.63) is 0 Å². The van der Waals surface area contributed by atoms with Gasteiger partial charge in [0, 0.05) is 6.42 Å². The molecule has 2 atom stereocenters. The Labute approximate surface area is 67.3 Å². The second kappa shape index (κ2) is 3.09. The number of ether oxygens (including phenoxy) is 2. The van der Waals surface area contributed by atoms with Gasteiger partial charge < -0.3 is 14.6 Å². The summed E-state index contributed by atoms with van der Waals surface area (Å²) in [4.78, 5) is 0. The molecule has 11 heavy (non-hydrogen) atoms. The van der Waals surface area contributed by atoms with Crippen molar-refractivity contribution in [1.29, 1.82) is 0 Å². The lowest BCUT2D eigenvalue weighted by molar-refractivity contribution is -0.141. The Morgan fingerprint density at radius 2 is 2.27 bits per heavy atom. The molecule has 1 heterocycles. The van der Waals surface area contributed by atoms with E-state index < -0.39 is 5.79 Å². The Bertz CT molecular complexity index is 131. The van der Waals surface area contributed by atoms with E-state index in [2.05, 4.69) is 0 Å². The summed E-state index contributed by atoms with van der Waals surface area (Å²) in [6.45, 7) is 6.12. The second-order valence-electron chi connectivity index (χ2n) is 3.54. The molecule has 1 aliphatic heterocycles. The van der Waals surface area contributed by atoms with Crippen molar-refractivity contribution in [1.82, 2.24) is 0 Å². The van der Waals surface area contributed by atoms with E-state index in [1.807, 2.05) is 13.8 Å². The number of hydrogen-bond donors (Lipinski definition) is 1. The molecule has 1 N–H and O–H groups in total. The van der Waals surface area contributed by atoms with Crippen molar-refractivity contribution < 1.29 is 14.6 Å². The van der Waals surface area contributed by atoms with Gasteiger partial charge in [0.25, 0.3) is 0 Å². The van der Waals surface area contributed by atoms with E-state index in [4.69, 9.17) is 14.6 Å². The fourth-order valence-electron chi connectivity index (χ4n) is 1.26. The molecular formula is C8H16O3. The Kier molecular flexibility index (Phi) is 2.52. The molecular weight excluding hydrogens is 144 g/mol. The highest BCUT2D eigenvalue weighted by Gasteiger charge is 2.32. The molecule has 1 saturated heterocycles. The van der Waals surface area contributed by atoms with Gasteiger partial charge in [0.1, 0.15) is 0 Å². The third-order valence-corrected chi connectivity index (χ3v) is 1.67. The minimum atomic E-state index is -0.459. The second-order valence-corrected chi connectivity index (χ2v) is 3.54. The summed E-state index contributed by atoms with van der Waals surface area (Å²) in [5, 5.41) is 9.05. The Hall–Kier alpha value is -0.120. The molecule has 0 unspecified atom stereocenters. The molecule has 0 aromatic rings. The fourth-order valence-corrected chi connectivity index (χ4v) is 1.26. The smallest absolute Gasteiger partial charge is 0.163 e. The lowest BCUT2D eigenvalue weighted by Crippen LogP contribution is -2.23. The molecule has 3 heteroatoms. The van der Waals surface area contributed by atoms with Crippen LogP contribution in [0.4, 0.5) is 0 Å². The monoisotopic (exact) mass is 160 g/mol. The van der Waals surface area contributed by atoms with Gasteiger partial charge in [0.15, 0.2) is 5.79 Å². The maximum absolute atomic E-state index is 9.05. The molecule has 1 rings (SSSR count). The molecule has 0 bridgehead atoms. The highest BCUT2D eigenvalue weighted by molar-refractivity contribution is 4.72. The van der Waals surface area contributed by atoms with Crippen LogP contribution in [0.2, 0.25) is 0 Å². The highest BCUT2D eigenvalue weighted by Crippen LogP contribution is 2.24. The van der Waals surface area contributed by atoms with Crippen LogP contribution in [-0.4, -0.2) is 29.7 Å². The van der Waals surface area contributed by atoms with Gasteiger partial charge in [-0.15, -0.1) is 0 Å². The Morgan fingerprint density at radius 3 is 2.64 bits per heavy atom. The van der Waals surface area contributed by atoms with Crippen LogP contribution in [0.5, 0.6) is 0 Å². The fraction of sp³-hybridized carbons (Fsp3) is 1.00. The van der Waals surface area contributed by atoms with Crippen LogP contribution >= 0.6 is 0 Å². The summed E-state index contributed by atoms with van der Waals surface area (Å²) in [5.41, 5.74) is 0. The van der Waals surface area contributed by atoms with Crippen LogP contribution < -0.4 is 0 Å². The van der Waals surface area contributed by atoms with Crippen molar-refractivity contribution in [2.24, 2.45) is 0 Å². The van der Waals surface area contributed by atoms with Crippen LogP contribution in [0.3, 0.4) is 0 Å². The zero-order valence-electron chi connectivity index (χ0n) is 7.33. The topological polar surface area (TPSA) is 38.7 Å². The van der Waals surface area contributed by atoms with Crippen molar-refractivity contribution >= 4 is 0 Å². The lowest BCUT2D eigenvalue weighted by Gasteiger charge is -2.17. The van der Waals surface area contributed by atoms with Crippen LogP contribution in [-0.2, 0) is 9.47 Å². The van der Waals surface area contributed by atoms with Crippen LogP contribution in [0, 0.1) is 0 Å². The van der Waals surface area contributed by atoms with Gasteiger partial charge in [-0.2, -0.15) is 0 Å². The van der Waals surface area contributed by atoms with Crippen molar-refractivity contribution in [2.75, 3.05) is 6.61 Å². The zero-order valence-corrected chi connectivity index (χ0v) is 7.33. The number of hydrogen-bond acceptors (Lipinski definition) is 3. The maximum Gasteiger partial charge on any atom is 0.163 e. The zero-order chi connectivity index (χ0) is 8.48. The minimum Gasteiger partial charge on any atom is -0.393 e. The first-order chi connectivity index (χ1) is 4.99. The average molecular weight is 160 g/mol. The minimum absolute atomic E-state index is 0.0602. The molecule has 1 fully saturated rings. The molecule has 3 nitrogen and oxygen atoms in total. The molecule has 0 radical (unpaired) electrons. The molecule has 66 valence electrons. The third-order valence-electron chi connectivity index (χ3n) is 1.67. The van der Waals surface area contributed by atoms with Crippen molar-refractivity contribution in [3.8, 4) is 0 Å². The summed E-state index contributed by atoms with van der Waals surface area (Å²) in [6, 6.07) is 0. The van der Waals surface area contributed by atoms with E-state index in [-0.39, 0.29) is 12.2 Å². The van der Waals surface area contributed by atoms with E-state index in [9.17, 15) is 0 Å². The first kappa shape index (κ1) is 8.97. The Balaban J connectivity index is 2.31. The van der Waals surface area contributed by atoms with Gasteiger partial charge in [-0.25, -0.2) is 0 Å². The highest BCUT2D eigenvalue weighted by atomic mass is 16.7. The van der Waals surface area contributed by atoms with Crippen LogP contribution in [0.15, 0.2) is 0 Å². The van der Waals surface area contributed by atoms with E-state index in [1.54, 1.807) is 6.92 Å². The third kappa shape index (κ3) is 2.77. The molecule has 0 aliphatic carbocycles. The first-order valence-corrected chi connectivity index (χ1v) is 3.99. The molecule has 0 saturated carbocycles. The summed E-state index contributed by atoms with van der Waals surface area (Å²) in [5.74, 6) is -0.459. The molecule has 0 amide bonds. The maximum atomic E-state index is 9.05. The van der Waals surface area contributed by atoms with Crippen molar-refractivity contribution in [3.63, 3.8) is 0 Å². The van der Waals surface area contributed by atoms with E-state index in [0.29, 0.717) is 13.0 Å². The van der Waals surface area contributed by atoms with E-state index in [0.717, 1.165) is 0 Å². The van der Waals surface area contributed by atoms with Gasteiger partial charge in [-0.1, -0.05) is 0 Å². The summed E-state index contributed by atoms with van der Waals surface area (Å²) in [6.07, 6.45) is 0.408. The molecule has 0 aromatic heterocycles. The van der Waals surface area contributed by atoms with Gasteiger partial charge in [0.05, 0.1) is 18.8 Å². The number of aliphatic hydroxyl groups excluding tert-OH is 1. The first-order valence-electron chi connectivity index (χ1n) is 3.99. The summed E-state index contributed by atoms with van der Waals surface area (Å²) >= 11 is 0. The van der Waals surface area contributed by atoms with Crippen molar-refractivity contribution in [2.45, 2.75) is 45.2 Å². The van der Waals surface area contributed by atoms with Crippen LogP contribution in [0.25, 0.3) is 0 Å². The Morgan fingerprint density at radius 1 is 1.64 bits per heavy atom. The van der Waals surface area contributed by atoms with Gasteiger partial charge in [-0.3, -0.25) is 0 Å². The largest absolute Gasteiger partial charge is 0.393 e. The van der Waals surface area contributed by atoms with E-state index >= 15 is 0 Å². The van der Waals surface area contributed by atoms with Gasteiger partial charge in [0.2, 0.25) is 0 Å². The summed E-state index contributed by atoms with van der Waals surface area (Å²) < 4.78 is 10.8. The quantitative estimate of drug-likeness (QED) is 0.652. The van der Waals surface area contributed by atoms with Gasteiger partial charge in [-0.05, 0) is 20.8 Å². The average Bonchev–Trinajstić information content (AvgIpc) is 2.08.